The first kappa shape index (κ1) is 16.5. The fourth-order valence-corrected chi connectivity index (χ4v) is 2.15. The van der Waals surface area contributed by atoms with Crippen molar-refractivity contribution < 1.29 is 9.84 Å². The van der Waals surface area contributed by atoms with Crippen molar-refractivity contribution in [3.63, 3.8) is 0 Å². The van der Waals surface area contributed by atoms with Crippen LogP contribution < -0.4 is 10.1 Å². The minimum Gasteiger partial charge on any atom is -0.495 e. The lowest BCUT2D eigenvalue weighted by molar-refractivity contribution is 0.196. The number of nitrogens with zero attached hydrogens (tertiary/aromatic N) is 1. The number of ether oxygens (including phenoxy) is 1. The Morgan fingerprint density at radius 3 is 2.60 bits per heavy atom. The van der Waals surface area contributed by atoms with E-state index in [1.165, 1.54) is 0 Å². The summed E-state index contributed by atoms with van der Waals surface area (Å²) >= 11 is 0. The first-order chi connectivity index (χ1) is 9.42. The first-order valence-corrected chi connectivity index (χ1v) is 6.83. The molecule has 0 aliphatic carbocycles. The van der Waals surface area contributed by atoms with Crippen LogP contribution >= 0.6 is 0 Å². The molecule has 0 saturated carbocycles. The third-order valence-corrected chi connectivity index (χ3v) is 3.40. The molecule has 1 atom stereocenters. The molecule has 20 heavy (non-hydrogen) atoms. The molecule has 1 rings (SSSR count). The van der Waals surface area contributed by atoms with E-state index in [0.29, 0.717) is 17.9 Å². The van der Waals surface area contributed by atoms with Gasteiger partial charge in [0.2, 0.25) is 0 Å². The molecule has 0 aliphatic heterocycles. The van der Waals surface area contributed by atoms with Crippen LogP contribution in [0.1, 0.15) is 38.3 Å². The molecule has 0 amide bonds. The molecule has 0 saturated heterocycles. The summed E-state index contributed by atoms with van der Waals surface area (Å²) in [7, 11) is 1.57. The Labute approximate surface area is 121 Å². The van der Waals surface area contributed by atoms with Crippen LogP contribution in [0.25, 0.3) is 0 Å². The highest BCUT2D eigenvalue weighted by Crippen LogP contribution is 2.23. The molecule has 0 aliphatic rings. The van der Waals surface area contributed by atoms with Gasteiger partial charge in [-0.15, -0.1) is 0 Å². The van der Waals surface area contributed by atoms with E-state index in [2.05, 4.69) is 32.2 Å². The number of methoxy groups -OCH3 is 1. The van der Waals surface area contributed by atoms with Crippen LogP contribution in [-0.4, -0.2) is 24.9 Å². The maximum absolute atomic E-state index is 9.15. The second-order valence-corrected chi connectivity index (χ2v) is 5.96. The topological polar surface area (TPSA) is 65.3 Å². The summed E-state index contributed by atoms with van der Waals surface area (Å²) in [6, 6.07) is 7.91. The second kappa shape index (κ2) is 7.28. The van der Waals surface area contributed by atoms with E-state index in [1.54, 1.807) is 13.2 Å². The second-order valence-electron chi connectivity index (χ2n) is 5.96. The third-order valence-electron chi connectivity index (χ3n) is 3.40. The smallest absolute Gasteiger partial charge is 0.136 e. The standard InChI is InChI=1S/C16H24N2O2/c1-16(2,3)15(7-8-19)18-11-12-5-6-13(10-17)14(9-12)20-4/h5-6,9,15,18-19H,7-8,11H2,1-4H3. The van der Waals surface area contributed by atoms with Gasteiger partial charge in [-0.25, -0.2) is 0 Å². The van der Waals surface area contributed by atoms with E-state index in [9.17, 15) is 0 Å². The van der Waals surface area contributed by atoms with Crippen LogP contribution in [0.3, 0.4) is 0 Å². The molecule has 1 aromatic carbocycles. The number of rotatable bonds is 6. The Balaban J connectivity index is 2.76. The SMILES string of the molecule is COc1cc(CNC(CCO)C(C)(C)C)ccc1C#N. The highest BCUT2D eigenvalue weighted by Gasteiger charge is 2.23. The average Bonchev–Trinajstić information content (AvgIpc) is 2.41. The van der Waals surface area contributed by atoms with Crippen molar-refractivity contribution in [3.8, 4) is 11.8 Å². The van der Waals surface area contributed by atoms with Gasteiger partial charge in [0, 0.05) is 19.2 Å². The van der Waals surface area contributed by atoms with Gasteiger partial charge in [0.1, 0.15) is 11.8 Å². The predicted octanol–water partition coefficient (Wildman–Crippen LogP) is 2.45. The summed E-state index contributed by atoms with van der Waals surface area (Å²) in [4.78, 5) is 0. The van der Waals surface area contributed by atoms with Crippen LogP contribution in [0.5, 0.6) is 5.75 Å². The van der Waals surface area contributed by atoms with Crippen LogP contribution in [0.15, 0.2) is 18.2 Å². The van der Waals surface area contributed by atoms with Crippen molar-refractivity contribution in [3.05, 3.63) is 29.3 Å². The fourth-order valence-electron chi connectivity index (χ4n) is 2.15. The van der Waals surface area contributed by atoms with Crippen molar-refractivity contribution in [1.82, 2.24) is 5.32 Å². The number of benzene rings is 1. The van der Waals surface area contributed by atoms with E-state index in [4.69, 9.17) is 15.1 Å². The molecule has 0 radical (unpaired) electrons. The Morgan fingerprint density at radius 2 is 2.10 bits per heavy atom. The van der Waals surface area contributed by atoms with Crippen LogP contribution in [0.4, 0.5) is 0 Å². The van der Waals surface area contributed by atoms with Gasteiger partial charge in [-0.05, 0) is 29.5 Å². The van der Waals surface area contributed by atoms with Gasteiger partial charge >= 0.3 is 0 Å². The van der Waals surface area contributed by atoms with E-state index in [0.717, 1.165) is 12.0 Å². The summed E-state index contributed by atoms with van der Waals surface area (Å²) in [5.74, 6) is 0.598. The van der Waals surface area contributed by atoms with Crippen LogP contribution in [0.2, 0.25) is 0 Å². The normalized spacial score (nSPS) is 12.8. The molecular formula is C16H24N2O2. The van der Waals surface area contributed by atoms with Crippen LogP contribution in [-0.2, 0) is 6.54 Å². The van der Waals surface area contributed by atoms with Gasteiger partial charge in [-0.2, -0.15) is 5.26 Å². The maximum Gasteiger partial charge on any atom is 0.136 e. The lowest BCUT2D eigenvalue weighted by Crippen LogP contribution is -2.40. The summed E-state index contributed by atoms with van der Waals surface area (Å²) < 4.78 is 5.21. The molecule has 4 nitrogen and oxygen atoms in total. The average molecular weight is 276 g/mol. The van der Waals surface area contributed by atoms with Gasteiger partial charge < -0.3 is 15.2 Å². The zero-order valence-electron chi connectivity index (χ0n) is 12.7. The van der Waals surface area contributed by atoms with Crippen LogP contribution in [0, 0.1) is 16.7 Å². The first-order valence-electron chi connectivity index (χ1n) is 6.83. The molecule has 0 aromatic heterocycles. The Bertz CT molecular complexity index is 472. The van der Waals surface area contributed by atoms with E-state index in [1.807, 2.05) is 12.1 Å². The Morgan fingerprint density at radius 1 is 1.40 bits per heavy atom. The van der Waals surface area contributed by atoms with Crippen molar-refractivity contribution in [2.45, 2.75) is 39.8 Å². The fraction of sp³-hybridized carbons (Fsp3) is 0.562. The lowest BCUT2D eigenvalue weighted by Gasteiger charge is -2.31. The summed E-state index contributed by atoms with van der Waals surface area (Å²) in [5.41, 5.74) is 1.69. The summed E-state index contributed by atoms with van der Waals surface area (Å²) in [6.07, 6.45) is 0.719. The molecule has 0 fully saturated rings. The minimum atomic E-state index is 0.0827. The van der Waals surface area contributed by atoms with Crippen molar-refractivity contribution in [2.75, 3.05) is 13.7 Å². The molecule has 1 aromatic rings. The van der Waals surface area contributed by atoms with Gasteiger partial charge in [-0.1, -0.05) is 26.8 Å². The quantitative estimate of drug-likeness (QED) is 0.837. The molecule has 0 heterocycles. The minimum absolute atomic E-state index is 0.0827. The van der Waals surface area contributed by atoms with Gasteiger partial charge in [0.25, 0.3) is 0 Å². The van der Waals surface area contributed by atoms with Gasteiger partial charge in [0.15, 0.2) is 0 Å². The number of aliphatic hydroxyl groups is 1. The highest BCUT2D eigenvalue weighted by atomic mass is 16.5. The van der Waals surface area contributed by atoms with Gasteiger partial charge in [0.05, 0.1) is 12.7 Å². The largest absolute Gasteiger partial charge is 0.495 e. The molecule has 0 spiro atoms. The zero-order valence-corrected chi connectivity index (χ0v) is 12.7. The number of aliphatic hydroxyl groups excluding tert-OH is 1. The van der Waals surface area contributed by atoms with Crippen molar-refractivity contribution >= 4 is 0 Å². The van der Waals surface area contributed by atoms with Crippen molar-refractivity contribution in [2.24, 2.45) is 5.41 Å². The van der Waals surface area contributed by atoms with E-state index < -0.39 is 0 Å². The van der Waals surface area contributed by atoms with E-state index in [-0.39, 0.29) is 18.1 Å². The predicted molar refractivity (Wildman–Crippen MR) is 79.5 cm³/mol. The Hall–Kier alpha value is -1.57. The molecule has 110 valence electrons. The molecule has 2 N–H and O–H groups in total. The maximum atomic E-state index is 9.15. The lowest BCUT2D eigenvalue weighted by atomic mass is 9.85. The number of hydrogen-bond acceptors (Lipinski definition) is 4. The number of nitriles is 1. The highest BCUT2D eigenvalue weighted by molar-refractivity contribution is 5.45. The number of nitrogens with one attached hydrogen (secondary N) is 1. The molecule has 4 heteroatoms. The molecular weight excluding hydrogens is 252 g/mol. The monoisotopic (exact) mass is 276 g/mol. The number of hydrogen-bond donors (Lipinski definition) is 2. The van der Waals surface area contributed by atoms with Gasteiger partial charge in [-0.3, -0.25) is 0 Å². The summed E-state index contributed by atoms with van der Waals surface area (Å²) in [6.45, 7) is 7.31. The summed E-state index contributed by atoms with van der Waals surface area (Å²) in [5, 5.41) is 21.6. The van der Waals surface area contributed by atoms with Crippen molar-refractivity contribution in [1.29, 1.82) is 5.26 Å². The Kier molecular flexibility index (Phi) is 6.00. The third kappa shape index (κ3) is 4.52. The molecule has 0 bridgehead atoms. The molecule has 1 unspecified atom stereocenters. The zero-order chi connectivity index (χ0) is 15.2. The van der Waals surface area contributed by atoms with E-state index >= 15 is 0 Å².